The van der Waals surface area contributed by atoms with Crippen molar-refractivity contribution in [1.29, 1.82) is 0 Å². The van der Waals surface area contributed by atoms with E-state index >= 15 is 0 Å². The Morgan fingerprint density at radius 2 is 1.81 bits per heavy atom. The molecule has 90 valence electrons. The van der Waals surface area contributed by atoms with E-state index in [0.717, 1.165) is 12.2 Å². The zero-order valence-electron chi connectivity index (χ0n) is 10.0. The van der Waals surface area contributed by atoms with Crippen molar-refractivity contribution in [3.8, 4) is 5.75 Å². The minimum atomic E-state index is -0.327. The van der Waals surface area contributed by atoms with E-state index in [1.807, 2.05) is 6.92 Å². The molecule has 0 saturated carbocycles. The highest BCUT2D eigenvalue weighted by molar-refractivity contribution is 5.89. The minimum absolute atomic E-state index is 0.327. The molecule has 0 amide bonds. The molecule has 4 nitrogen and oxygen atoms in total. The highest BCUT2D eigenvalue weighted by atomic mass is 16.5. The first-order chi connectivity index (χ1) is 7.77. The van der Waals surface area contributed by atoms with Crippen LogP contribution in [0, 0.1) is 0 Å². The van der Waals surface area contributed by atoms with E-state index in [1.165, 1.54) is 14.2 Å². The Morgan fingerprint density at radius 1 is 1.25 bits per heavy atom. The van der Waals surface area contributed by atoms with Gasteiger partial charge in [-0.25, -0.2) is 4.79 Å². The van der Waals surface area contributed by atoms with Crippen LogP contribution in [-0.2, 0) is 4.74 Å². The van der Waals surface area contributed by atoms with Gasteiger partial charge in [0, 0.05) is 0 Å². The monoisotopic (exact) mass is 225 g/mol. The van der Waals surface area contributed by atoms with Gasteiger partial charge in [-0.15, -0.1) is 0 Å². The molecule has 0 aliphatic carbocycles. The number of ether oxygens (including phenoxy) is 2. The lowest BCUT2D eigenvalue weighted by molar-refractivity contribution is 0.0600. The van der Waals surface area contributed by atoms with Crippen LogP contribution in [0.1, 0.15) is 23.7 Å². The Bertz CT molecular complexity index is 296. The van der Waals surface area contributed by atoms with Gasteiger partial charge in [0.05, 0.1) is 19.3 Å². The molecule has 0 fully saturated rings. The summed E-state index contributed by atoms with van der Waals surface area (Å²) in [6.07, 6.45) is 0.971. The highest BCUT2D eigenvalue weighted by Gasteiger charge is 2.03. The van der Waals surface area contributed by atoms with Crippen LogP contribution in [0.5, 0.6) is 5.75 Å². The summed E-state index contributed by atoms with van der Waals surface area (Å²) in [5.74, 6) is 0.451. The lowest BCUT2D eigenvalue weighted by Crippen LogP contribution is -2.01. The maximum absolute atomic E-state index is 11.1. The third kappa shape index (κ3) is 4.79. The topological polar surface area (TPSA) is 61.5 Å². The SMILES string of the molecule is CCCOc1ccc(C(=O)OC)cc1.CN. The molecule has 0 saturated heterocycles. The molecular formula is C12H19NO3. The molecule has 2 N–H and O–H groups in total. The minimum Gasteiger partial charge on any atom is -0.494 e. The molecule has 0 unspecified atom stereocenters. The van der Waals surface area contributed by atoms with Crippen molar-refractivity contribution in [3.63, 3.8) is 0 Å². The van der Waals surface area contributed by atoms with E-state index in [2.05, 4.69) is 10.5 Å². The van der Waals surface area contributed by atoms with Crippen LogP contribution >= 0.6 is 0 Å². The molecular weight excluding hydrogens is 206 g/mol. The van der Waals surface area contributed by atoms with Crippen LogP contribution in [0.3, 0.4) is 0 Å². The average Bonchev–Trinajstić information content (AvgIpc) is 2.38. The quantitative estimate of drug-likeness (QED) is 0.794. The lowest BCUT2D eigenvalue weighted by Gasteiger charge is -2.04. The molecule has 16 heavy (non-hydrogen) atoms. The Labute approximate surface area is 96.4 Å². The summed E-state index contributed by atoms with van der Waals surface area (Å²) in [6.45, 7) is 2.74. The number of esters is 1. The van der Waals surface area contributed by atoms with Gasteiger partial charge in [-0.1, -0.05) is 6.92 Å². The number of carbonyl (C=O) groups excluding carboxylic acids is 1. The Hall–Kier alpha value is -1.55. The van der Waals surface area contributed by atoms with Gasteiger partial charge in [-0.3, -0.25) is 0 Å². The van der Waals surface area contributed by atoms with Crippen molar-refractivity contribution in [3.05, 3.63) is 29.8 Å². The number of nitrogens with two attached hydrogens (primary N) is 1. The smallest absolute Gasteiger partial charge is 0.337 e. The molecule has 1 aromatic rings. The second-order valence-corrected chi connectivity index (χ2v) is 2.86. The van der Waals surface area contributed by atoms with Crippen LogP contribution in [-0.4, -0.2) is 26.7 Å². The molecule has 0 aliphatic rings. The van der Waals surface area contributed by atoms with Crippen LogP contribution in [0.4, 0.5) is 0 Å². The van der Waals surface area contributed by atoms with Gasteiger partial charge >= 0.3 is 5.97 Å². The fourth-order valence-corrected chi connectivity index (χ4v) is 1.03. The molecule has 1 aromatic carbocycles. The van der Waals surface area contributed by atoms with Crippen molar-refractivity contribution in [2.45, 2.75) is 13.3 Å². The van der Waals surface area contributed by atoms with Gasteiger partial charge in [0.2, 0.25) is 0 Å². The second kappa shape index (κ2) is 8.73. The summed E-state index contributed by atoms with van der Waals surface area (Å²) >= 11 is 0. The third-order valence-corrected chi connectivity index (χ3v) is 1.75. The molecule has 0 spiro atoms. The van der Waals surface area contributed by atoms with Crippen molar-refractivity contribution < 1.29 is 14.3 Å². The van der Waals surface area contributed by atoms with E-state index in [4.69, 9.17) is 4.74 Å². The Morgan fingerprint density at radius 3 is 2.25 bits per heavy atom. The summed E-state index contributed by atoms with van der Waals surface area (Å²) in [6, 6.07) is 6.91. The van der Waals surface area contributed by atoms with E-state index in [1.54, 1.807) is 24.3 Å². The molecule has 4 heteroatoms. The molecule has 0 radical (unpaired) electrons. The summed E-state index contributed by atoms with van der Waals surface area (Å²) in [7, 11) is 2.86. The predicted molar refractivity (Wildman–Crippen MR) is 63.7 cm³/mol. The first kappa shape index (κ1) is 14.5. The largest absolute Gasteiger partial charge is 0.494 e. The Kier molecular flexibility index (Phi) is 7.89. The highest BCUT2D eigenvalue weighted by Crippen LogP contribution is 2.12. The second-order valence-electron chi connectivity index (χ2n) is 2.86. The van der Waals surface area contributed by atoms with Gasteiger partial charge < -0.3 is 15.2 Å². The third-order valence-electron chi connectivity index (χ3n) is 1.75. The van der Waals surface area contributed by atoms with E-state index in [9.17, 15) is 4.79 Å². The van der Waals surface area contributed by atoms with Crippen LogP contribution in [0.15, 0.2) is 24.3 Å². The Balaban J connectivity index is 0.00000106. The normalized spacial score (nSPS) is 8.75. The standard InChI is InChI=1S/C11H14O3.CH5N/c1-3-8-14-10-6-4-9(5-7-10)11(12)13-2;1-2/h4-7H,3,8H2,1-2H3;2H2,1H3. The van der Waals surface area contributed by atoms with Crippen molar-refractivity contribution in [1.82, 2.24) is 0 Å². The zero-order chi connectivity index (χ0) is 12.4. The molecule has 0 aromatic heterocycles. The molecule has 0 atom stereocenters. The van der Waals surface area contributed by atoms with Crippen molar-refractivity contribution in [2.24, 2.45) is 5.73 Å². The van der Waals surface area contributed by atoms with Crippen molar-refractivity contribution >= 4 is 5.97 Å². The molecule has 0 aliphatic heterocycles. The molecule has 1 rings (SSSR count). The first-order valence-electron chi connectivity index (χ1n) is 5.17. The summed E-state index contributed by atoms with van der Waals surface area (Å²) < 4.78 is 9.95. The number of rotatable bonds is 4. The maximum atomic E-state index is 11.1. The van der Waals surface area contributed by atoms with E-state index < -0.39 is 0 Å². The first-order valence-corrected chi connectivity index (χ1v) is 5.17. The zero-order valence-corrected chi connectivity index (χ0v) is 10.0. The molecule has 0 bridgehead atoms. The fraction of sp³-hybridized carbons (Fsp3) is 0.417. The van der Waals surface area contributed by atoms with Crippen LogP contribution < -0.4 is 10.5 Å². The van der Waals surface area contributed by atoms with Crippen LogP contribution in [0.25, 0.3) is 0 Å². The summed E-state index contributed by atoms with van der Waals surface area (Å²) in [5.41, 5.74) is 5.04. The van der Waals surface area contributed by atoms with Gasteiger partial charge in [-0.2, -0.15) is 0 Å². The van der Waals surface area contributed by atoms with Gasteiger partial charge in [0.25, 0.3) is 0 Å². The van der Waals surface area contributed by atoms with Gasteiger partial charge in [0.1, 0.15) is 5.75 Å². The lowest BCUT2D eigenvalue weighted by atomic mass is 10.2. The summed E-state index contributed by atoms with van der Waals surface area (Å²) in [5, 5.41) is 0. The van der Waals surface area contributed by atoms with Gasteiger partial charge in [-0.05, 0) is 37.7 Å². The number of hydrogen-bond donors (Lipinski definition) is 1. The van der Waals surface area contributed by atoms with Crippen LogP contribution in [0.2, 0.25) is 0 Å². The maximum Gasteiger partial charge on any atom is 0.337 e. The van der Waals surface area contributed by atoms with E-state index in [-0.39, 0.29) is 5.97 Å². The number of benzene rings is 1. The number of hydrogen-bond acceptors (Lipinski definition) is 4. The predicted octanol–water partition coefficient (Wildman–Crippen LogP) is 1.84. The summed E-state index contributed by atoms with van der Waals surface area (Å²) in [4.78, 5) is 11.1. The van der Waals surface area contributed by atoms with E-state index in [0.29, 0.717) is 12.2 Å². The van der Waals surface area contributed by atoms with Gasteiger partial charge in [0.15, 0.2) is 0 Å². The molecule has 0 heterocycles. The van der Waals surface area contributed by atoms with Crippen molar-refractivity contribution in [2.75, 3.05) is 20.8 Å². The fourth-order valence-electron chi connectivity index (χ4n) is 1.03. The average molecular weight is 225 g/mol. The number of methoxy groups -OCH3 is 1. The number of carbonyl (C=O) groups is 1.